The van der Waals surface area contributed by atoms with Crippen molar-refractivity contribution in [3.05, 3.63) is 46.3 Å². The summed E-state index contributed by atoms with van der Waals surface area (Å²) in [5.74, 6) is -3.87. The summed E-state index contributed by atoms with van der Waals surface area (Å²) < 4.78 is 44.2. The lowest BCUT2D eigenvalue weighted by atomic mass is 10.1. The van der Waals surface area contributed by atoms with Crippen LogP contribution in [0, 0.1) is 17.5 Å². The van der Waals surface area contributed by atoms with Crippen LogP contribution in [0.5, 0.6) is 5.75 Å². The average Bonchev–Trinajstić information content (AvgIpc) is 2.33. The lowest BCUT2D eigenvalue weighted by molar-refractivity contribution is 0.407. The van der Waals surface area contributed by atoms with Crippen LogP contribution in [0.4, 0.5) is 13.2 Å². The van der Waals surface area contributed by atoms with Crippen LogP contribution < -0.4 is 10.3 Å². The van der Waals surface area contributed by atoms with Gasteiger partial charge in [-0.2, -0.15) is 0 Å². The monoisotopic (exact) mass is 256 g/mol. The van der Waals surface area contributed by atoms with E-state index >= 15 is 0 Å². The van der Waals surface area contributed by atoms with Crippen molar-refractivity contribution in [2.24, 2.45) is 0 Å². The van der Waals surface area contributed by atoms with Crippen LogP contribution in [0.25, 0.3) is 11.3 Å². The number of methoxy groups -OCH3 is 1. The Balaban J connectivity index is 2.73. The van der Waals surface area contributed by atoms with Crippen LogP contribution in [0.2, 0.25) is 0 Å². The summed E-state index contributed by atoms with van der Waals surface area (Å²) in [6.45, 7) is 0. The number of ether oxygens (including phenoxy) is 1. The van der Waals surface area contributed by atoms with E-state index in [0.29, 0.717) is 12.1 Å². The highest BCUT2D eigenvalue weighted by Crippen LogP contribution is 2.28. The number of aromatic nitrogens is 2. The maximum atomic E-state index is 13.5. The van der Waals surface area contributed by atoms with Crippen molar-refractivity contribution in [2.75, 3.05) is 7.11 Å². The quantitative estimate of drug-likeness (QED) is 0.834. The molecule has 1 aromatic heterocycles. The van der Waals surface area contributed by atoms with Gasteiger partial charge >= 0.3 is 0 Å². The molecule has 0 saturated heterocycles. The summed E-state index contributed by atoms with van der Waals surface area (Å²) >= 11 is 0. The minimum Gasteiger partial charge on any atom is -0.490 e. The van der Waals surface area contributed by atoms with E-state index in [4.69, 9.17) is 4.74 Å². The van der Waals surface area contributed by atoms with Crippen LogP contribution in [0.1, 0.15) is 0 Å². The highest BCUT2D eigenvalue weighted by molar-refractivity contribution is 5.66. The van der Waals surface area contributed by atoms with Gasteiger partial charge in [-0.15, -0.1) is 0 Å². The lowest BCUT2D eigenvalue weighted by Gasteiger charge is -2.07. The molecule has 0 atom stereocenters. The number of nitrogens with zero attached hydrogens (tertiary/aromatic N) is 1. The second kappa shape index (κ2) is 4.52. The lowest BCUT2D eigenvalue weighted by Crippen LogP contribution is -2.11. The van der Waals surface area contributed by atoms with Gasteiger partial charge in [0.25, 0.3) is 5.56 Å². The maximum absolute atomic E-state index is 13.5. The average molecular weight is 256 g/mol. The molecule has 1 N–H and O–H groups in total. The summed E-state index contributed by atoms with van der Waals surface area (Å²) in [5, 5.41) is 0. The molecule has 0 aliphatic heterocycles. The van der Waals surface area contributed by atoms with Gasteiger partial charge in [-0.25, -0.2) is 18.2 Å². The fourth-order valence-electron chi connectivity index (χ4n) is 1.47. The molecule has 0 aliphatic carbocycles. The third-order valence-electron chi connectivity index (χ3n) is 2.28. The number of aromatic amines is 1. The molecule has 0 bridgehead atoms. The molecule has 0 spiro atoms. The highest BCUT2D eigenvalue weighted by Gasteiger charge is 2.18. The zero-order valence-corrected chi connectivity index (χ0v) is 9.13. The largest absolute Gasteiger partial charge is 0.490 e. The molecular weight excluding hydrogens is 249 g/mol. The SMILES string of the molecule is COc1c(-c2cc(F)c(F)cc2F)nc[nH]c1=O. The van der Waals surface area contributed by atoms with Crippen molar-refractivity contribution < 1.29 is 17.9 Å². The van der Waals surface area contributed by atoms with E-state index in [2.05, 4.69) is 9.97 Å². The first-order valence-electron chi connectivity index (χ1n) is 4.81. The first-order chi connectivity index (χ1) is 8.54. The van der Waals surface area contributed by atoms with Crippen molar-refractivity contribution in [2.45, 2.75) is 0 Å². The number of hydrogen-bond donors (Lipinski definition) is 1. The summed E-state index contributed by atoms with van der Waals surface area (Å²) in [4.78, 5) is 17.3. The van der Waals surface area contributed by atoms with Crippen LogP contribution in [0.15, 0.2) is 23.3 Å². The second-order valence-corrected chi connectivity index (χ2v) is 3.36. The molecule has 2 aromatic rings. The van der Waals surface area contributed by atoms with Gasteiger partial charge in [0.05, 0.1) is 13.4 Å². The molecule has 0 amide bonds. The number of rotatable bonds is 2. The standard InChI is InChI=1S/C11H7F3N2O2/c1-18-10-9(15-4-16-11(10)17)5-2-7(13)8(14)3-6(5)12/h2-4H,1H3,(H,15,16,17). The van der Waals surface area contributed by atoms with Gasteiger partial charge in [-0.05, 0) is 6.07 Å². The molecule has 0 radical (unpaired) electrons. The molecule has 1 aromatic carbocycles. The smallest absolute Gasteiger partial charge is 0.293 e. The Labute approximate surface area is 99.1 Å². The second-order valence-electron chi connectivity index (χ2n) is 3.36. The van der Waals surface area contributed by atoms with Crippen LogP contribution in [-0.2, 0) is 0 Å². The van der Waals surface area contributed by atoms with Gasteiger partial charge in [0, 0.05) is 11.6 Å². The molecule has 18 heavy (non-hydrogen) atoms. The Morgan fingerprint density at radius 2 is 1.83 bits per heavy atom. The van der Waals surface area contributed by atoms with Crippen molar-refractivity contribution in [3.8, 4) is 17.0 Å². The van der Waals surface area contributed by atoms with Gasteiger partial charge in [0.15, 0.2) is 11.6 Å². The van der Waals surface area contributed by atoms with E-state index in [9.17, 15) is 18.0 Å². The topological polar surface area (TPSA) is 55.0 Å². The summed E-state index contributed by atoms with van der Waals surface area (Å²) in [6.07, 6.45) is 1.01. The van der Waals surface area contributed by atoms with Gasteiger partial charge < -0.3 is 9.72 Å². The first kappa shape index (κ1) is 12.2. The fourth-order valence-corrected chi connectivity index (χ4v) is 1.47. The fraction of sp³-hybridized carbons (Fsp3) is 0.0909. The Kier molecular flexibility index (Phi) is 3.05. The number of benzene rings is 1. The van der Waals surface area contributed by atoms with Gasteiger partial charge in [-0.1, -0.05) is 0 Å². The number of halogens is 3. The Hall–Kier alpha value is -2.31. The molecule has 0 aliphatic rings. The molecule has 0 saturated carbocycles. The zero-order chi connectivity index (χ0) is 13.3. The van der Waals surface area contributed by atoms with Crippen molar-refractivity contribution in [1.29, 1.82) is 0 Å². The minimum atomic E-state index is -1.32. The van der Waals surface area contributed by atoms with Gasteiger partial charge in [-0.3, -0.25) is 4.79 Å². The molecule has 2 rings (SSSR count). The predicted octanol–water partition coefficient (Wildman–Crippen LogP) is 1.86. The first-order valence-corrected chi connectivity index (χ1v) is 4.81. The van der Waals surface area contributed by atoms with Crippen LogP contribution >= 0.6 is 0 Å². The van der Waals surface area contributed by atoms with Crippen molar-refractivity contribution in [3.63, 3.8) is 0 Å². The summed E-state index contributed by atoms with van der Waals surface area (Å²) in [6, 6.07) is 1.00. The van der Waals surface area contributed by atoms with E-state index in [1.807, 2.05) is 0 Å². The molecule has 1 heterocycles. The maximum Gasteiger partial charge on any atom is 0.293 e. The third kappa shape index (κ3) is 1.94. The highest BCUT2D eigenvalue weighted by atomic mass is 19.2. The molecule has 4 nitrogen and oxygen atoms in total. The molecule has 7 heteroatoms. The van der Waals surface area contributed by atoms with Gasteiger partial charge in [0.2, 0.25) is 5.75 Å². The zero-order valence-electron chi connectivity index (χ0n) is 9.13. The molecule has 0 unspecified atom stereocenters. The van der Waals surface area contributed by atoms with E-state index in [0.717, 1.165) is 6.33 Å². The summed E-state index contributed by atoms with van der Waals surface area (Å²) in [5.41, 5.74) is -1.19. The van der Waals surface area contributed by atoms with E-state index < -0.39 is 23.0 Å². The number of H-pyrrole nitrogens is 1. The predicted molar refractivity (Wildman–Crippen MR) is 56.7 cm³/mol. The Bertz CT molecular complexity index is 655. The minimum absolute atomic E-state index is 0.197. The normalized spacial score (nSPS) is 10.4. The molecular formula is C11H7F3N2O2. The third-order valence-corrected chi connectivity index (χ3v) is 2.28. The van der Waals surface area contributed by atoms with Crippen molar-refractivity contribution in [1.82, 2.24) is 9.97 Å². The van der Waals surface area contributed by atoms with E-state index in [1.54, 1.807) is 0 Å². The van der Waals surface area contributed by atoms with Gasteiger partial charge in [0.1, 0.15) is 11.5 Å². The molecule has 0 fully saturated rings. The van der Waals surface area contributed by atoms with Crippen molar-refractivity contribution >= 4 is 0 Å². The number of hydrogen-bond acceptors (Lipinski definition) is 3. The Morgan fingerprint density at radius 1 is 1.17 bits per heavy atom. The van der Waals surface area contributed by atoms with Crippen LogP contribution in [0.3, 0.4) is 0 Å². The van der Waals surface area contributed by atoms with Crippen LogP contribution in [-0.4, -0.2) is 17.1 Å². The van der Waals surface area contributed by atoms with E-state index in [1.165, 1.54) is 7.11 Å². The Morgan fingerprint density at radius 3 is 2.50 bits per heavy atom. The molecule has 94 valence electrons. The summed E-state index contributed by atoms with van der Waals surface area (Å²) in [7, 11) is 1.19. The number of nitrogens with one attached hydrogen (secondary N) is 1. The van der Waals surface area contributed by atoms with E-state index in [-0.39, 0.29) is 17.0 Å².